The van der Waals surface area contributed by atoms with Crippen LogP contribution in [0.2, 0.25) is 0 Å². The van der Waals surface area contributed by atoms with Crippen LogP contribution in [0.15, 0.2) is 36.6 Å². The van der Waals surface area contributed by atoms with E-state index >= 15 is 0 Å². The predicted molar refractivity (Wildman–Crippen MR) is 51.4 cm³/mol. The number of likely N-dealkylation sites (N-methyl/N-ethyl adjacent to an activating group) is 1. The Morgan fingerprint density at radius 3 is 2.36 bits per heavy atom. The van der Waals surface area contributed by atoms with Crippen molar-refractivity contribution in [2.24, 2.45) is 0 Å². The lowest BCUT2D eigenvalue weighted by Crippen LogP contribution is -2.13. The second kappa shape index (κ2) is 4.78. The van der Waals surface area contributed by atoms with E-state index < -0.39 is 0 Å². The van der Waals surface area contributed by atoms with E-state index in [4.69, 9.17) is 0 Å². The second-order valence-corrected chi connectivity index (χ2v) is 2.78. The van der Waals surface area contributed by atoms with Crippen LogP contribution in [0, 0.1) is 0 Å². The standard InChI is InChI=1S/C10H17N/c1-6-7-11(5)8-10(4)9(2)3/h6-7H,2,4,8H2,1,3,5H3/b7-6-. The minimum Gasteiger partial charge on any atom is -0.376 e. The second-order valence-electron chi connectivity index (χ2n) is 2.78. The first-order chi connectivity index (χ1) is 5.07. The molecule has 0 unspecified atom stereocenters. The molecule has 0 bridgehead atoms. The van der Waals surface area contributed by atoms with Gasteiger partial charge in [-0.05, 0) is 25.6 Å². The molecular weight excluding hydrogens is 134 g/mol. The molecule has 0 aliphatic heterocycles. The molecule has 0 aliphatic rings. The van der Waals surface area contributed by atoms with E-state index in [1.165, 1.54) is 0 Å². The van der Waals surface area contributed by atoms with Crippen LogP contribution in [-0.2, 0) is 0 Å². The zero-order chi connectivity index (χ0) is 8.85. The fourth-order valence-corrected chi connectivity index (χ4v) is 0.743. The maximum Gasteiger partial charge on any atom is 0.0417 e. The topological polar surface area (TPSA) is 3.24 Å². The van der Waals surface area contributed by atoms with Crippen LogP contribution in [0.4, 0.5) is 0 Å². The van der Waals surface area contributed by atoms with Crippen molar-refractivity contribution in [2.45, 2.75) is 13.8 Å². The van der Waals surface area contributed by atoms with Gasteiger partial charge in [-0.25, -0.2) is 0 Å². The van der Waals surface area contributed by atoms with Crippen LogP contribution in [0.3, 0.4) is 0 Å². The molecule has 62 valence electrons. The van der Waals surface area contributed by atoms with Gasteiger partial charge in [0.15, 0.2) is 0 Å². The molecule has 0 spiro atoms. The maximum atomic E-state index is 3.90. The highest BCUT2D eigenvalue weighted by Crippen LogP contribution is 2.04. The molecule has 0 fully saturated rings. The Labute approximate surface area is 69.7 Å². The van der Waals surface area contributed by atoms with E-state index in [1.807, 2.05) is 33.2 Å². The zero-order valence-corrected chi connectivity index (χ0v) is 7.72. The van der Waals surface area contributed by atoms with Crippen LogP contribution < -0.4 is 0 Å². The third-order valence-corrected chi connectivity index (χ3v) is 1.45. The summed E-state index contributed by atoms with van der Waals surface area (Å²) in [5.74, 6) is 0. The fraction of sp³-hybridized carbons (Fsp3) is 0.400. The van der Waals surface area contributed by atoms with Crippen LogP contribution in [0.1, 0.15) is 13.8 Å². The molecule has 11 heavy (non-hydrogen) atoms. The highest BCUT2D eigenvalue weighted by molar-refractivity contribution is 5.24. The van der Waals surface area contributed by atoms with E-state index in [9.17, 15) is 0 Å². The summed E-state index contributed by atoms with van der Waals surface area (Å²) in [7, 11) is 2.02. The third-order valence-electron chi connectivity index (χ3n) is 1.45. The van der Waals surface area contributed by atoms with Crippen molar-refractivity contribution >= 4 is 0 Å². The van der Waals surface area contributed by atoms with Crippen molar-refractivity contribution in [1.82, 2.24) is 4.90 Å². The van der Waals surface area contributed by atoms with Crippen molar-refractivity contribution in [2.75, 3.05) is 13.6 Å². The van der Waals surface area contributed by atoms with Gasteiger partial charge in [-0.3, -0.25) is 0 Å². The molecule has 0 aromatic carbocycles. The van der Waals surface area contributed by atoms with E-state index in [1.54, 1.807) is 0 Å². The van der Waals surface area contributed by atoms with Gasteiger partial charge >= 0.3 is 0 Å². The Kier molecular flexibility index (Phi) is 4.35. The molecular formula is C10H17N. The number of hydrogen-bond donors (Lipinski definition) is 0. The number of nitrogens with zero attached hydrogens (tertiary/aromatic N) is 1. The van der Waals surface area contributed by atoms with Crippen LogP contribution in [-0.4, -0.2) is 18.5 Å². The average Bonchev–Trinajstić information content (AvgIpc) is 1.87. The van der Waals surface area contributed by atoms with Gasteiger partial charge in [-0.15, -0.1) is 0 Å². The van der Waals surface area contributed by atoms with Crippen molar-refractivity contribution in [1.29, 1.82) is 0 Å². The highest BCUT2D eigenvalue weighted by Gasteiger charge is 1.95. The normalized spacial score (nSPS) is 10.1. The van der Waals surface area contributed by atoms with Gasteiger partial charge in [-0.1, -0.05) is 24.8 Å². The van der Waals surface area contributed by atoms with Crippen molar-refractivity contribution in [3.63, 3.8) is 0 Å². The lowest BCUT2D eigenvalue weighted by Gasteiger charge is -2.15. The Balaban J connectivity index is 3.85. The summed E-state index contributed by atoms with van der Waals surface area (Å²) in [6, 6.07) is 0. The first-order valence-corrected chi connectivity index (χ1v) is 3.74. The molecule has 1 heteroatoms. The molecule has 0 saturated carbocycles. The molecule has 0 heterocycles. The summed E-state index contributed by atoms with van der Waals surface area (Å²) >= 11 is 0. The summed E-state index contributed by atoms with van der Waals surface area (Å²) in [5, 5.41) is 0. The lowest BCUT2D eigenvalue weighted by molar-refractivity contribution is 0.499. The quantitative estimate of drug-likeness (QED) is 0.558. The summed E-state index contributed by atoms with van der Waals surface area (Å²) in [5.41, 5.74) is 2.15. The monoisotopic (exact) mass is 151 g/mol. The molecule has 0 aromatic rings. The molecule has 0 atom stereocenters. The van der Waals surface area contributed by atoms with Crippen LogP contribution in [0.5, 0.6) is 0 Å². The van der Waals surface area contributed by atoms with Crippen molar-refractivity contribution in [3.05, 3.63) is 36.6 Å². The predicted octanol–water partition coefficient (Wildman–Crippen LogP) is 2.58. The summed E-state index contributed by atoms with van der Waals surface area (Å²) in [6.45, 7) is 12.6. The summed E-state index contributed by atoms with van der Waals surface area (Å²) in [6.07, 6.45) is 4.03. The zero-order valence-electron chi connectivity index (χ0n) is 7.72. The largest absolute Gasteiger partial charge is 0.376 e. The Morgan fingerprint density at radius 1 is 1.45 bits per heavy atom. The van der Waals surface area contributed by atoms with Gasteiger partial charge in [0.2, 0.25) is 0 Å². The van der Waals surface area contributed by atoms with Crippen LogP contribution >= 0.6 is 0 Å². The summed E-state index contributed by atoms with van der Waals surface area (Å²) in [4.78, 5) is 2.08. The minimum atomic E-state index is 0.861. The van der Waals surface area contributed by atoms with Gasteiger partial charge < -0.3 is 4.90 Å². The Bertz CT molecular complexity index is 177. The Hall–Kier alpha value is -0.980. The van der Waals surface area contributed by atoms with Crippen LogP contribution in [0.25, 0.3) is 0 Å². The van der Waals surface area contributed by atoms with Crippen molar-refractivity contribution in [3.8, 4) is 0 Å². The van der Waals surface area contributed by atoms with Gasteiger partial charge in [0.05, 0.1) is 0 Å². The molecule has 1 nitrogen and oxygen atoms in total. The average molecular weight is 151 g/mol. The molecule has 0 aliphatic carbocycles. The van der Waals surface area contributed by atoms with Gasteiger partial charge in [0, 0.05) is 13.6 Å². The van der Waals surface area contributed by atoms with Gasteiger partial charge in [0.25, 0.3) is 0 Å². The molecule has 0 amide bonds. The third kappa shape index (κ3) is 4.43. The van der Waals surface area contributed by atoms with E-state index in [-0.39, 0.29) is 0 Å². The van der Waals surface area contributed by atoms with E-state index in [0.717, 1.165) is 17.7 Å². The highest BCUT2D eigenvalue weighted by atomic mass is 15.1. The van der Waals surface area contributed by atoms with Crippen molar-refractivity contribution < 1.29 is 0 Å². The number of allylic oxidation sites excluding steroid dienone is 1. The SMILES string of the molecule is C=C(C)C(=C)CN(C)/C=C\C. The first kappa shape index (κ1) is 10.0. The molecule has 0 radical (unpaired) electrons. The first-order valence-electron chi connectivity index (χ1n) is 3.74. The van der Waals surface area contributed by atoms with E-state index in [0.29, 0.717) is 0 Å². The molecule has 0 rings (SSSR count). The molecule has 0 N–H and O–H groups in total. The minimum absolute atomic E-state index is 0.861. The van der Waals surface area contributed by atoms with Gasteiger partial charge in [-0.2, -0.15) is 0 Å². The number of hydrogen-bond acceptors (Lipinski definition) is 1. The number of rotatable bonds is 4. The fourth-order valence-electron chi connectivity index (χ4n) is 0.743. The molecule has 0 saturated heterocycles. The maximum absolute atomic E-state index is 3.90. The van der Waals surface area contributed by atoms with E-state index in [2.05, 4.69) is 18.1 Å². The van der Waals surface area contributed by atoms with Gasteiger partial charge in [0.1, 0.15) is 0 Å². The smallest absolute Gasteiger partial charge is 0.0417 e. The molecule has 0 aromatic heterocycles. The Morgan fingerprint density at radius 2 is 2.00 bits per heavy atom. The summed E-state index contributed by atoms with van der Waals surface area (Å²) < 4.78 is 0. The lowest BCUT2D eigenvalue weighted by atomic mass is 10.1.